The normalized spacial score (nSPS) is 16.1. The summed E-state index contributed by atoms with van der Waals surface area (Å²) in [5, 5.41) is 12.2. The van der Waals surface area contributed by atoms with Gasteiger partial charge in [-0.25, -0.2) is 0 Å². The molecule has 3 rings (SSSR count). The van der Waals surface area contributed by atoms with Gasteiger partial charge in [0.15, 0.2) is 5.76 Å². The van der Waals surface area contributed by atoms with Crippen LogP contribution in [0.4, 0.5) is 5.88 Å². The predicted octanol–water partition coefficient (Wildman–Crippen LogP) is 1.62. The zero-order chi connectivity index (χ0) is 18.5. The summed E-state index contributed by atoms with van der Waals surface area (Å²) >= 11 is 0. The number of hydrogen-bond acceptors (Lipinski definition) is 7. The number of piperazine rings is 1. The molecule has 0 saturated carbocycles. The minimum atomic E-state index is -0.221. The van der Waals surface area contributed by atoms with Gasteiger partial charge in [0, 0.05) is 32.7 Å². The van der Waals surface area contributed by atoms with Gasteiger partial charge in [-0.1, -0.05) is 6.08 Å². The van der Waals surface area contributed by atoms with Crippen molar-refractivity contribution in [1.29, 1.82) is 5.26 Å². The fourth-order valence-corrected chi connectivity index (χ4v) is 2.90. The van der Waals surface area contributed by atoms with Gasteiger partial charge >= 0.3 is 0 Å². The summed E-state index contributed by atoms with van der Waals surface area (Å²) in [7, 11) is 0. The van der Waals surface area contributed by atoms with Crippen LogP contribution >= 0.6 is 0 Å². The molecule has 26 heavy (non-hydrogen) atoms. The van der Waals surface area contributed by atoms with Crippen LogP contribution in [0.25, 0.3) is 11.7 Å². The van der Waals surface area contributed by atoms with E-state index in [1.54, 1.807) is 18.2 Å². The summed E-state index contributed by atoms with van der Waals surface area (Å²) in [4.78, 5) is 20.4. The van der Waals surface area contributed by atoms with E-state index in [0.29, 0.717) is 50.3 Å². The first-order valence-electron chi connectivity index (χ1n) is 8.46. The molecule has 1 amide bonds. The van der Waals surface area contributed by atoms with Crippen molar-refractivity contribution in [3.8, 4) is 17.7 Å². The van der Waals surface area contributed by atoms with E-state index in [9.17, 15) is 10.1 Å². The molecule has 1 N–H and O–H groups in total. The highest BCUT2D eigenvalue weighted by Crippen LogP contribution is 2.29. The van der Waals surface area contributed by atoms with Gasteiger partial charge in [0.25, 0.3) is 5.89 Å². The highest BCUT2D eigenvalue weighted by molar-refractivity contribution is 5.81. The van der Waals surface area contributed by atoms with E-state index in [4.69, 9.17) is 8.83 Å². The molecule has 1 fully saturated rings. The molecule has 3 heterocycles. The van der Waals surface area contributed by atoms with Crippen molar-refractivity contribution in [2.45, 2.75) is 13.0 Å². The molecule has 0 aromatic carbocycles. The molecule has 1 aliphatic rings. The van der Waals surface area contributed by atoms with E-state index >= 15 is 0 Å². The zero-order valence-electron chi connectivity index (χ0n) is 14.6. The van der Waals surface area contributed by atoms with E-state index in [-0.39, 0.29) is 17.6 Å². The maximum absolute atomic E-state index is 12.1. The first kappa shape index (κ1) is 17.8. The minimum absolute atomic E-state index is 0.0177. The van der Waals surface area contributed by atoms with Gasteiger partial charge in [0.1, 0.15) is 6.07 Å². The number of nitriles is 1. The Hall–Kier alpha value is -3.05. The second kappa shape index (κ2) is 7.89. The molecule has 8 nitrogen and oxygen atoms in total. The highest BCUT2D eigenvalue weighted by Gasteiger charge is 2.29. The summed E-state index contributed by atoms with van der Waals surface area (Å²) in [6.45, 7) is 8.60. The number of hydrogen-bond donors (Lipinski definition) is 1. The van der Waals surface area contributed by atoms with Crippen LogP contribution in [0.2, 0.25) is 0 Å². The smallest absolute Gasteiger partial charge is 0.266 e. The first-order chi connectivity index (χ1) is 12.6. The Morgan fingerprint density at radius 2 is 2.27 bits per heavy atom. The Bertz CT molecular complexity index is 797. The summed E-state index contributed by atoms with van der Waals surface area (Å²) in [5.74, 6) is 1.21. The Balaban J connectivity index is 1.66. The van der Waals surface area contributed by atoms with Crippen molar-refractivity contribution in [3.05, 3.63) is 36.7 Å². The topological polar surface area (TPSA) is 98.5 Å². The minimum Gasteiger partial charge on any atom is -0.459 e. The fraction of sp³-hybridized carbons (Fsp3) is 0.389. The van der Waals surface area contributed by atoms with Crippen molar-refractivity contribution >= 4 is 11.8 Å². The van der Waals surface area contributed by atoms with Gasteiger partial charge in [0.05, 0.1) is 12.3 Å². The van der Waals surface area contributed by atoms with Crippen LogP contribution in [0.5, 0.6) is 0 Å². The lowest BCUT2D eigenvalue weighted by Crippen LogP contribution is -2.54. The van der Waals surface area contributed by atoms with Gasteiger partial charge < -0.3 is 19.1 Å². The molecule has 1 aliphatic heterocycles. The molecular weight excluding hydrogens is 334 g/mol. The number of furan rings is 1. The summed E-state index contributed by atoms with van der Waals surface area (Å²) in [5.41, 5.74) is 0.238. The number of carbonyl (C=O) groups is 1. The molecule has 8 heteroatoms. The Labute approximate surface area is 151 Å². The number of oxazole rings is 1. The van der Waals surface area contributed by atoms with Crippen molar-refractivity contribution < 1.29 is 13.6 Å². The van der Waals surface area contributed by atoms with Crippen molar-refractivity contribution in [3.63, 3.8) is 0 Å². The highest BCUT2D eigenvalue weighted by atomic mass is 16.4. The van der Waals surface area contributed by atoms with Crippen LogP contribution in [0, 0.1) is 11.3 Å². The molecule has 2 aromatic heterocycles. The average molecular weight is 355 g/mol. The number of aromatic nitrogens is 1. The SMILES string of the molecule is C=CCNC(=O)C(C)N1CCN(c2oc(-c3ccco3)nc2C#N)CC1. The van der Waals surface area contributed by atoms with Crippen molar-refractivity contribution in [2.75, 3.05) is 37.6 Å². The standard InChI is InChI=1S/C18H21N5O3/c1-3-6-20-16(24)13(2)22-7-9-23(10-8-22)18-14(12-19)21-17(26-18)15-5-4-11-25-15/h3-5,11,13H,1,6-10H2,2H3,(H,20,24). The summed E-state index contributed by atoms with van der Waals surface area (Å²) in [6.07, 6.45) is 3.19. The predicted molar refractivity (Wildman–Crippen MR) is 95.4 cm³/mol. The number of anilines is 1. The monoisotopic (exact) mass is 355 g/mol. The molecule has 0 aliphatic carbocycles. The van der Waals surface area contributed by atoms with Crippen molar-refractivity contribution in [1.82, 2.24) is 15.2 Å². The molecule has 136 valence electrons. The molecule has 0 bridgehead atoms. The number of nitrogens with one attached hydrogen (secondary N) is 1. The lowest BCUT2D eigenvalue weighted by Gasteiger charge is -2.37. The van der Waals surface area contributed by atoms with E-state index in [1.807, 2.05) is 11.8 Å². The van der Waals surface area contributed by atoms with Crippen LogP contribution in [0.1, 0.15) is 12.6 Å². The molecule has 1 saturated heterocycles. The van der Waals surface area contributed by atoms with E-state index in [2.05, 4.69) is 27.8 Å². The lowest BCUT2D eigenvalue weighted by atomic mass is 10.2. The molecule has 1 unspecified atom stereocenters. The largest absolute Gasteiger partial charge is 0.459 e. The second-order valence-electron chi connectivity index (χ2n) is 5.99. The maximum atomic E-state index is 12.1. The van der Waals surface area contributed by atoms with Crippen LogP contribution in [-0.2, 0) is 4.79 Å². The quantitative estimate of drug-likeness (QED) is 0.786. The Kier molecular flexibility index (Phi) is 5.39. The van der Waals surface area contributed by atoms with Crippen LogP contribution in [-0.4, -0.2) is 54.6 Å². The molecule has 1 atom stereocenters. The first-order valence-corrected chi connectivity index (χ1v) is 8.46. The number of nitrogens with zero attached hydrogens (tertiary/aromatic N) is 4. The van der Waals surface area contributed by atoms with Crippen LogP contribution in [0.3, 0.4) is 0 Å². The van der Waals surface area contributed by atoms with E-state index in [1.165, 1.54) is 6.26 Å². The van der Waals surface area contributed by atoms with Crippen LogP contribution in [0.15, 0.2) is 39.9 Å². The molecule has 2 aromatic rings. The third-order valence-corrected chi connectivity index (χ3v) is 4.40. The van der Waals surface area contributed by atoms with Gasteiger partial charge in [-0.15, -0.1) is 6.58 Å². The molecular formula is C18H21N5O3. The van der Waals surface area contributed by atoms with Gasteiger partial charge in [-0.05, 0) is 19.1 Å². The zero-order valence-corrected chi connectivity index (χ0v) is 14.6. The number of amides is 1. The van der Waals surface area contributed by atoms with E-state index < -0.39 is 0 Å². The maximum Gasteiger partial charge on any atom is 0.266 e. The Morgan fingerprint density at radius 1 is 1.50 bits per heavy atom. The molecule has 0 spiro atoms. The van der Waals surface area contributed by atoms with Crippen LogP contribution < -0.4 is 10.2 Å². The number of carbonyl (C=O) groups excluding carboxylic acids is 1. The fourth-order valence-electron chi connectivity index (χ4n) is 2.90. The van der Waals surface area contributed by atoms with Gasteiger partial charge in [-0.2, -0.15) is 10.2 Å². The van der Waals surface area contributed by atoms with Gasteiger partial charge in [0.2, 0.25) is 17.5 Å². The Morgan fingerprint density at radius 3 is 2.88 bits per heavy atom. The summed E-state index contributed by atoms with van der Waals surface area (Å²) in [6, 6.07) is 5.33. The average Bonchev–Trinajstić information content (AvgIpc) is 3.34. The third-order valence-electron chi connectivity index (χ3n) is 4.40. The molecule has 0 radical (unpaired) electrons. The lowest BCUT2D eigenvalue weighted by molar-refractivity contribution is -0.125. The van der Waals surface area contributed by atoms with Crippen molar-refractivity contribution in [2.24, 2.45) is 0 Å². The van der Waals surface area contributed by atoms with E-state index in [0.717, 1.165) is 0 Å². The number of rotatable bonds is 6. The third kappa shape index (κ3) is 3.63. The second-order valence-corrected chi connectivity index (χ2v) is 5.99. The van der Waals surface area contributed by atoms with Gasteiger partial charge in [-0.3, -0.25) is 9.69 Å². The summed E-state index contributed by atoms with van der Waals surface area (Å²) < 4.78 is 11.1.